The van der Waals surface area contributed by atoms with Gasteiger partial charge in [-0.3, -0.25) is 9.78 Å². The van der Waals surface area contributed by atoms with Crippen LogP contribution in [-0.2, 0) is 4.74 Å². The highest BCUT2D eigenvalue weighted by molar-refractivity contribution is 7.98. The van der Waals surface area contributed by atoms with Gasteiger partial charge in [0.1, 0.15) is 0 Å². The lowest BCUT2D eigenvalue weighted by molar-refractivity contribution is 0.0593. The van der Waals surface area contributed by atoms with Crippen molar-refractivity contribution in [1.82, 2.24) is 9.97 Å². The smallest absolute Gasteiger partial charge is 0.346 e. The minimum absolute atomic E-state index is 0.181. The zero-order valence-electron chi connectivity index (χ0n) is 7.54. The third kappa shape index (κ3) is 1.87. The number of carbonyl (C=O) groups is 1. The maximum atomic E-state index is 11.2. The first-order valence-corrected chi connectivity index (χ1v) is 4.81. The number of H-pyrrole nitrogens is 2. The van der Waals surface area contributed by atoms with E-state index in [2.05, 4.69) is 9.72 Å². The van der Waals surface area contributed by atoms with Gasteiger partial charge in [0.05, 0.1) is 12.1 Å². The molecule has 76 valence electrons. The summed E-state index contributed by atoms with van der Waals surface area (Å²) in [5.74, 6) is -0.771. The maximum absolute atomic E-state index is 11.2. The molecule has 1 aromatic rings. The molecule has 1 aromatic heterocycles. The van der Waals surface area contributed by atoms with Crippen molar-refractivity contribution in [3.63, 3.8) is 0 Å². The van der Waals surface area contributed by atoms with Crippen molar-refractivity contribution >= 4 is 17.7 Å². The SMILES string of the molecule is COC(=O)c1c(SC)[nH]c(=O)[nH]c1=O. The number of methoxy groups -OCH3 is 1. The Balaban J connectivity index is 3.48. The minimum atomic E-state index is -0.771. The summed E-state index contributed by atoms with van der Waals surface area (Å²) in [5, 5.41) is 0.200. The van der Waals surface area contributed by atoms with Crippen LogP contribution in [0, 0.1) is 0 Å². The van der Waals surface area contributed by atoms with Gasteiger partial charge >= 0.3 is 11.7 Å². The van der Waals surface area contributed by atoms with Crippen molar-refractivity contribution in [3.05, 3.63) is 26.4 Å². The number of esters is 1. The number of hydrogen-bond donors (Lipinski definition) is 2. The average molecular weight is 216 g/mol. The van der Waals surface area contributed by atoms with Crippen LogP contribution in [0.5, 0.6) is 0 Å². The second kappa shape index (κ2) is 4.14. The number of ether oxygens (including phenoxy) is 1. The Hall–Kier alpha value is -1.50. The summed E-state index contributed by atoms with van der Waals surface area (Å²) >= 11 is 1.09. The molecule has 7 heteroatoms. The van der Waals surface area contributed by atoms with Crippen LogP contribution in [0.4, 0.5) is 0 Å². The normalized spacial score (nSPS) is 9.86. The zero-order chi connectivity index (χ0) is 10.7. The third-order valence-electron chi connectivity index (χ3n) is 1.50. The van der Waals surface area contributed by atoms with Crippen molar-refractivity contribution in [1.29, 1.82) is 0 Å². The standard InChI is InChI=1S/C7H8N2O4S/c1-13-6(11)3-4(10)8-7(12)9-5(3)14-2/h1-2H3,(H2,8,9,10,12). The van der Waals surface area contributed by atoms with Gasteiger partial charge < -0.3 is 9.72 Å². The molecule has 0 unspecified atom stereocenters. The van der Waals surface area contributed by atoms with Gasteiger partial charge in [0, 0.05) is 0 Å². The Bertz CT molecular complexity index is 461. The second-order valence-electron chi connectivity index (χ2n) is 2.31. The molecule has 14 heavy (non-hydrogen) atoms. The Morgan fingerprint density at radius 3 is 2.50 bits per heavy atom. The van der Waals surface area contributed by atoms with Gasteiger partial charge in [-0.1, -0.05) is 0 Å². The van der Waals surface area contributed by atoms with Crippen molar-refractivity contribution in [2.24, 2.45) is 0 Å². The summed E-state index contributed by atoms with van der Waals surface area (Å²) in [5.41, 5.74) is -1.57. The van der Waals surface area contributed by atoms with Gasteiger partial charge in [0.15, 0.2) is 5.56 Å². The molecule has 0 atom stereocenters. The number of rotatable bonds is 2. The molecular weight excluding hydrogens is 208 g/mol. The highest BCUT2D eigenvalue weighted by Crippen LogP contribution is 2.12. The molecule has 0 spiro atoms. The third-order valence-corrected chi connectivity index (χ3v) is 2.22. The van der Waals surface area contributed by atoms with Gasteiger partial charge in [-0.05, 0) is 6.26 Å². The maximum Gasteiger partial charge on any atom is 0.346 e. The molecule has 0 radical (unpaired) electrons. The Kier molecular flexibility index (Phi) is 3.13. The van der Waals surface area contributed by atoms with E-state index in [1.807, 2.05) is 4.98 Å². The molecule has 0 saturated carbocycles. The zero-order valence-corrected chi connectivity index (χ0v) is 8.36. The molecule has 0 bridgehead atoms. The quantitative estimate of drug-likeness (QED) is 0.397. The molecule has 0 aliphatic carbocycles. The summed E-state index contributed by atoms with van der Waals surface area (Å²) in [6, 6.07) is 0. The summed E-state index contributed by atoms with van der Waals surface area (Å²) in [7, 11) is 1.16. The van der Waals surface area contributed by atoms with Gasteiger partial charge in [0.2, 0.25) is 0 Å². The number of hydrogen-bond acceptors (Lipinski definition) is 5. The van der Waals surface area contributed by atoms with E-state index in [1.54, 1.807) is 6.26 Å². The van der Waals surface area contributed by atoms with E-state index < -0.39 is 17.2 Å². The molecule has 0 saturated heterocycles. The largest absolute Gasteiger partial charge is 0.465 e. The number of aromatic amines is 2. The van der Waals surface area contributed by atoms with Crippen LogP contribution in [0.25, 0.3) is 0 Å². The van der Waals surface area contributed by atoms with E-state index in [0.29, 0.717) is 0 Å². The lowest BCUT2D eigenvalue weighted by atomic mass is 10.3. The van der Waals surface area contributed by atoms with Crippen LogP contribution in [0.2, 0.25) is 0 Å². The van der Waals surface area contributed by atoms with E-state index in [0.717, 1.165) is 18.9 Å². The van der Waals surface area contributed by atoms with E-state index in [1.165, 1.54) is 0 Å². The van der Waals surface area contributed by atoms with Crippen LogP contribution < -0.4 is 11.2 Å². The predicted molar refractivity (Wildman–Crippen MR) is 50.8 cm³/mol. The van der Waals surface area contributed by atoms with Gasteiger partial charge in [0.25, 0.3) is 5.56 Å². The number of thioether (sulfide) groups is 1. The molecule has 1 heterocycles. The fourth-order valence-corrected chi connectivity index (χ4v) is 1.48. The molecule has 0 aromatic carbocycles. The molecule has 0 aliphatic heterocycles. The van der Waals surface area contributed by atoms with Gasteiger partial charge in [-0.15, -0.1) is 11.8 Å². The highest BCUT2D eigenvalue weighted by atomic mass is 32.2. The van der Waals surface area contributed by atoms with Crippen molar-refractivity contribution < 1.29 is 9.53 Å². The number of nitrogens with one attached hydrogen (secondary N) is 2. The predicted octanol–water partition coefficient (Wildman–Crippen LogP) is -0.428. The van der Waals surface area contributed by atoms with E-state index in [4.69, 9.17) is 0 Å². The molecule has 0 fully saturated rings. The van der Waals surface area contributed by atoms with Crippen LogP contribution >= 0.6 is 11.8 Å². The summed E-state index contributed by atoms with van der Waals surface area (Å²) in [6.07, 6.45) is 1.64. The van der Waals surface area contributed by atoms with Crippen molar-refractivity contribution in [2.75, 3.05) is 13.4 Å². The van der Waals surface area contributed by atoms with Crippen molar-refractivity contribution in [2.45, 2.75) is 5.03 Å². The van der Waals surface area contributed by atoms with Crippen molar-refractivity contribution in [3.8, 4) is 0 Å². The Morgan fingerprint density at radius 1 is 1.36 bits per heavy atom. The molecule has 6 nitrogen and oxygen atoms in total. The second-order valence-corrected chi connectivity index (χ2v) is 3.12. The van der Waals surface area contributed by atoms with E-state index in [9.17, 15) is 14.4 Å². The lowest BCUT2D eigenvalue weighted by Crippen LogP contribution is -2.29. The summed E-state index contributed by atoms with van der Waals surface area (Å²) in [4.78, 5) is 37.5. The first kappa shape index (κ1) is 10.6. The number of carbonyl (C=O) groups excluding carboxylic acids is 1. The topological polar surface area (TPSA) is 92.0 Å². The fourth-order valence-electron chi connectivity index (χ4n) is 0.906. The van der Waals surface area contributed by atoms with Crippen LogP contribution in [-0.4, -0.2) is 29.3 Å². The fraction of sp³-hybridized carbons (Fsp3) is 0.286. The monoisotopic (exact) mass is 216 g/mol. The van der Waals surface area contributed by atoms with Crippen LogP contribution in [0.15, 0.2) is 14.6 Å². The first-order chi connectivity index (χ1) is 6.60. The van der Waals surface area contributed by atoms with E-state index >= 15 is 0 Å². The Morgan fingerprint density at radius 2 is 2.00 bits per heavy atom. The summed E-state index contributed by atoms with van der Waals surface area (Å²) in [6.45, 7) is 0. The van der Waals surface area contributed by atoms with E-state index in [-0.39, 0.29) is 10.6 Å². The number of aromatic nitrogens is 2. The highest BCUT2D eigenvalue weighted by Gasteiger charge is 2.17. The van der Waals surface area contributed by atoms with Crippen LogP contribution in [0.1, 0.15) is 10.4 Å². The molecule has 0 amide bonds. The molecule has 2 N–H and O–H groups in total. The van der Waals surface area contributed by atoms with Gasteiger partial charge in [-0.2, -0.15) is 0 Å². The van der Waals surface area contributed by atoms with Crippen LogP contribution in [0.3, 0.4) is 0 Å². The minimum Gasteiger partial charge on any atom is -0.465 e. The van der Waals surface area contributed by atoms with Gasteiger partial charge in [-0.25, -0.2) is 9.59 Å². The molecule has 1 rings (SSSR count). The lowest BCUT2D eigenvalue weighted by Gasteiger charge is -2.02. The summed E-state index contributed by atoms with van der Waals surface area (Å²) < 4.78 is 4.41. The molecule has 0 aliphatic rings. The Labute approximate surface area is 82.7 Å². The average Bonchev–Trinajstić information content (AvgIpc) is 2.15. The molecular formula is C7H8N2O4S. The first-order valence-electron chi connectivity index (χ1n) is 3.59.